The van der Waals surface area contributed by atoms with Crippen LogP contribution in [0.4, 0.5) is 8.78 Å². The van der Waals surface area contributed by atoms with Crippen LogP contribution in [0.1, 0.15) is 61.0 Å². The lowest BCUT2D eigenvalue weighted by atomic mass is 9.90. The molecule has 3 heterocycles. The molecule has 1 aliphatic carbocycles. The molecule has 1 saturated carbocycles. The molecule has 2 aromatic heterocycles. The van der Waals surface area contributed by atoms with Gasteiger partial charge in [0.2, 0.25) is 0 Å². The first-order chi connectivity index (χ1) is 16.9. The van der Waals surface area contributed by atoms with Gasteiger partial charge < -0.3 is 5.32 Å². The summed E-state index contributed by atoms with van der Waals surface area (Å²) in [6.45, 7) is 0. The summed E-state index contributed by atoms with van der Waals surface area (Å²) in [5, 5.41) is 2.97. The molecule has 1 amide bonds. The maximum Gasteiger partial charge on any atom is 0.333 e. The minimum Gasteiger partial charge on any atom is -0.349 e. The number of fused-ring (bicyclic) bond motifs is 1. The van der Waals surface area contributed by atoms with Crippen molar-refractivity contribution in [2.45, 2.75) is 56.7 Å². The lowest BCUT2D eigenvalue weighted by Crippen LogP contribution is -2.46. The molecule has 10 heteroatoms. The number of thioether (sulfide) groups is 1. The van der Waals surface area contributed by atoms with E-state index in [9.17, 15) is 23.2 Å². The smallest absolute Gasteiger partial charge is 0.333 e. The number of carbonyl (C=O) groups is 1. The lowest BCUT2D eigenvalue weighted by Gasteiger charge is -2.31. The van der Waals surface area contributed by atoms with Crippen molar-refractivity contribution in [1.82, 2.24) is 19.4 Å². The fourth-order valence-corrected chi connectivity index (χ4v) is 6.27. The largest absolute Gasteiger partial charge is 0.349 e. The Labute approximate surface area is 204 Å². The Bertz CT molecular complexity index is 1380. The number of benzene rings is 1. The summed E-state index contributed by atoms with van der Waals surface area (Å²) in [4.78, 5) is 43.6. The van der Waals surface area contributed by atoms with Crippen LogP contribution in [-0.2, 0) is 0 Å². The van der Waals surface area contributed by atoms with Gasteiger partial charge in [-0.2, -0.15) is 11.8 Å². The fourth-order valence-electron chi connectivity index (χ4n) is 5.19. The summed E-state index contributed by atoms with van der Waals surface area (Å²) in [5.41, 5.74) is -0.710. The van der Waals surface area contributed by atoms with Crippen LogP contribution in [0.25, 0.3) is 11.0 Å². The number of amides is 1. The van der Waals surface area contributed by atoms with E-state index in [0.29, 0.717) is 25.7 Å². The molecule has 7 nitrogen and oxygen atoms in total. The minimum absolute atomic E-state index is 0.0107. The molecule has 184 valence electrons. The number of nitrogens with one attached hydrogen (secondary N) is 1. The second-order valence-corrected chi connectivity index (χ2v) is 10.4. The summed E-state index contributed by atoms with van der Waals surface area (Å²) in [6, 6.07) is 6.32. The Morgan fingerprint density at radius 3 is 2.37 bits per heavy atom. The highest BCUT2D eigenvalue weighted by atomic mass is 32.2. The van der Waals surface area contributed by atoms with Gasteiger partial charge in [-0.15, -0.1) is 0 Å². The molecule has 1 aliphatic heterocycles. The number of nitrogens with zero attached hydrogens (tertiary/aromatic N) is 3. The van der Waals surface area contributed by atoms with Crippen molar-refractivity contribution in [3.8, 4) is 0 Å². The molecule has 0 radical (unpaired) electrons. The van der Waals surface area contributed by atoms with Crippen molar-refractivity contribution in [2.75, 3.05) is 11.5 Å². The number of hydrogen-bond acceptors (Lipinski definition) is 5. The van der Waals surface area contributed by atoms with Gasteiger partial charge in [0, 0.05) is 18.1 Å². The topological polar surface area (TPSA) is 86.0 Å². The zero-order valence-corrected chi connectivity index (χ0v) is 19.9. The summed E-state index contributed by atoms with van der Waals surface area (Å²) < 4.78 is 30.8. The highest BCUT2D eigenvalue weighted by molar-refractivity contribution is 7.99. The summed E-state index contributed by atoms with van der Waals surface area (Å²) in [7, 11) is 0. The van der Waals surface area contributed by atoms with Gasteiger partial charge in [0.1, 0.15) is 17.3 Å². The van der Waals surface area contributed by atoms with Crippen LogP contribution in [-0.4, -0.2) is 37.6 Å². The standard InChI is InChI=1S/C25H26F2N4O3S/c26-15-13-20-22(28-14-15)30(18-9-11-35-12-10-18)25(34)31(24(20)33)17-7-5-16(6-8-17)29-23(32)19-3-1-2-4-21(19)27/h1-4,13-14,16-18H,5-12H2,(H,29,32). The van der Waals surface area contributed by atoms with Gasteiger partial charge in [0.15, 0.2) is 0 Å². The molecule has 0 atom stereocenters. The fraction of sp³-hybridized carbons (Fsp3) is 0.440. The van der Waals surface area contributed by atoms with E-state index >= 15 is 0 Å². The van der Waals surface area contributed by atoms with E-state index in [4.69, 9.17) is 0 Å². The molecule has 0 bridgehead atoms. The SMILES string of the molecule is O=C(NC1CCC(n2c(=O)c3cc(F)cnc3n(C3CCSCC3)c2=O)CC1)c1ccccc1F. The molecule has 0 spiro atoms. The van der Waals surface area contributed by atoms with E-state index in [1.807, 2.05) is 11.8 Å². The minimum atomic E-state index is -0.620. The number of halogens is 2. The molecule has 1 saturated heterocycles. The van der Waals surface area contributed by atoms with Gasteiger partial charge in [-0.1, -0.05) is 12.1 Å². The summed E-state index contributed by atoms with van der Waals surface area (Å²) in [5.74, 6) is 0.139. The normalized spacial score (nSPS) is 21.2. The number of hydrogen-bond donors (Lipinski definition) is 1. The zero-order chi connectivity index (χ0) is 24.5. The second-order valence-electron chi connectivity index (χ2n) is 9.15. The van der Waals surface area contributed by atoms with Crippen LogP contribution in [0.3, 0.4) is 0 Å². The second kappa shape index (κ2) is 9.93. The number of carbonyl (C=O) groups excluding carboxylic acids is 1. The van der Waals surface area contributed by atoms with Crippen molar-refractivity contribution < 1.29 is 13.6 Å². The molecule has 5 rings (SSSR count). The predicted molar refractivity (Wildman–Crippen MR) is 131 cm³/mol. The maximum atomic E-state index is 14.0. The van der Waals surface area contributed by atoms with Gasteiger partial charge in [-0.3, -0.25) is 18.7 Å². The molecule has 35 heavy (non-hydrogen) atoms. The number of rotatable bonds is 4. The molecule has 1 aromatic carbocycles. The first kappa shape index (κ1) is 23.7. The van der Waals surface area contributed by atoms with Crippen LogP contribution in [0.5, 0.6) is 0 Å². The average Bonchev–Trinajstić information content (AvgIpc) is 2.86. The molecule has 3 aromatic rings. The monoisotopic (exact) mass is 500 g/mol. The predicted octanol–water partition coefficient (Wildman–Crippen LogP) is 3.82. The Morgan fingerprint density at radius 1 is 0.971 bits per heavy atom. The van der Waals surface area contributed by atoms with Crippen molar-refractivity contribution in [1.29, 1.82) is 0 Å². The maximum absolute atomic E-state index is 14.0. The van der Waals surface area contributed by atoms with Gasteiger partial charge in [0.25, 0.3) is 11.5 Å². The third-order valence-corrected chi connectivity index (χ3v) is 8.04. The van der Waals surface area contributed by atoms with E-state index < -0.39 is 28.8 Å². The highest BCUT2D eigenvalue weighted by Crippen LogP contribution is 2.30. The average molecular weight is 501 g/mol. The van der Waals surface area contributed by atoms with Crippen LogP contribution < -0.4 is 16.6 Å². The highest BCUT2D eigenvalue weighted by Gasteiger charge is 2.30. The van der Waals surface area contributed by atoms with E-state index in [2.05, 4.69) is 10.3 Å². The Kier molecular flexibility index (Phi) is 6.73. The van der Waals surface area contributed by atoms with Crippen LogP contribution >= 0.6 is 11.8 Å². The molecule has 1 N–H and O–H groups in total. The molecule has 0 unspecified atom stereocenters. The third kappa shape index (κ3) is 4.63. The lowest BCUT2D eigenvalue weighted by molar-refractivity contribution is 0.0917. The first-order valence-corrected chi connectivity index (χ1v) is 13.0. The van der Waals surface area contributed by atoms with Gasteiger partial charge in [0.05, 0.1) is 17.1 Å². The van der Waals surface area contributed by atoms with Crippen molar-refractivity contribution in [3.05, 3.63) is 74.6 Å². The van der Waals surface area contributed by atoms with Crippen molar-refractivity contribution in [3.63, 3.8) is 0 Å². The van der Waals surface area contributed by atoms with E-state index in [0.717, 1.165) is 36.6 Å². The van der Waals surface area contributed by atoms with Crippen LogP contribution in [0.2, 0.25) is 0 Å². The van der Waals surface area contributed by atoms with Crippen molar-refractivity contribution in [2.24, 2.45) is 0 Å². The Morgan fingerprint density at radius 2 is 1.66 bits per heavy atom. The number of pyridine rings is 1. The Balaban J connectivity index is 1.42. The molecule has 2 aliphatic rings. The van der Waals surface area contributed by atoms with E-state index in [-0.39, 0.29) is 34.7 Å². The third-order valence-electron chi connectivity index (χ3n) is 6.99. The Hall–Kier alpha value is -3.01. The molecular formula is C25H26F2N4O3S. The van der Waals surface area contributed by atoms with Crippen molar-refractivity contribution >= 4 is 28.7 Å². The van der Waals surface area contributed by atoms with E-state index in [1.54, 1.807) is 10.6 Å². The van der Waals surface area contributed by atoms with Crippen LogP contribution in [0, 0.1) is 11.6 Å². The van der Waals surface area contributed by atoms with Gasteiger partial charge >= 0.3 is 5.69 Å². The first-order valence-electron chi connectivity index (χ1n) is 11.9. The van der Waals surface area contributed by atoms with Crippen LogP contribution in [0.15, 0.2) is 46.1 Å². The van der Waals surface area contributed by atoms with Gasteiger partial charge in [-0.25, -0.2) is 18.6 Å². The quantitative estimate of drug-likeness (QED) is 0.589. The van der Waals surface area contributed by atoms with Gasteiger partial charge in [-0.05, 0) is 68.2 Å². The molecule has 2 fully saturated rings. The van der Waals surface area contributed by atoms with E-state index in [1.165, 1.54) is 22.8 Å². The summed E-state index contributed by atoms with van der Waals surface area (Å²) >= 11 is 1.82. The number of aromatic nitrogens is 3. The zero-order valence-electron chi connectivity index (χ0n) is 19.1. The summed E-state index contributed by atoms with van der Waals surface area (Å²) in [6.07, 6.45) is 4.67. The molecular weight excluding hydrogens is 474 g/mol.